The Hall–Kier alpha value is -2.32. The van der Waals surface area contributed by atoms with E-state index < -0.39 is 16.6 Å². The van der Waals surface area contributed by atoms with E-state index in [0.29, 0.717) is 6.54 Å². The fraction of sp³-hybridized carbons (Fsp3) is 0.500. The minimum atomic E-state index is -1.15. The number of nitrogens with one attached hydrogen (secondary N) is 1. The Bertz CT molecular complexity index is 459. The maximum Gasteiger partial charge on any atom is 0.415 e. The summed E-state index contributed by atoms with van der Waals surface area (Å²) in [6.07, 6.45) is 0.117. The van der Waals surface area contributed by atoms with Crippen LogP contribution in [-0.4, -0.2) is 37.8 Å². The molecule has 0 aliphatic carbocycles. The SMILES string of the molecule is CC1(CNC(=O)O)Cn2cc([N+](=O)[O-])nc2O1. The second-order valence-corrected chi connectivity index (χ2v) is 3.98. The molecule has 0 spiro atoms. The molecule has 0 bridgehead atoms. The lowest BCUT2D eigenvalue weighted by Crippen LogP contribution is -2.44. The van der Waals surface area contributed by atoms with E-state index >= 15 is 0 Å². The fourth-order valence-electron chi connectivity index (χ4n) is 1.64. The van der Waals surface area contributed by atoms with Gasteiger partial charge in [-0.1, -0.05) is 0 Å². The maximum absolute atomic E-state index is 10.5. The summed E-state index contributed by atoms with van der Waals surface area (Å²) in [7, 11) is 0. The quantitative estimate of drug-likeness (QED) is 0.577. The van der Waals surface area contributed by atoms with E-state index in [2.05, 4.69) is 10.3 Å². The van der Waals surface area contributed by atoms with Gasteiger partial charge in [0.05, 0.1) is 13.1 Å². The zero-order valence-corrected chi connectivity index (χ0v) is 8.91. The molecule has 9 nitrogen and oxygen atoms in total. The minimum absolute atomic E-state index is 0.0828. The number of imidazole rings is 1. The topological polar surface area (TPSA) is 120 Å². The number of hydrogen-bond acceptors (Lipinski definition) is 5. The molecule has 9 heteroatoms. The zero-order valence-electron chi connectivity index (χ0n) is 8.91. The van der Waals surface area contributed by atoms with E-state index in [1.807, 2.05) is 0 Å². The summed E-state index contributed by atoms with van der Waals surface area (Å²) in [5.74, 6) is -0.284. The molecular weight excluding hydrogens is 232 g/mol. The Kier molecular flexibility index (Phi) is 2.37. The molecule has 17 heavy (non-hydrogen) atoms. The molecule has 1 atom stereocenters. The average molecular weight is 242 g/mol. The number of aromatic nitrogens is 2. The molecule has 1 unspecified atom stereocenters. The molecule has 2 heterocycles. The summed E-state index contributed by atoms with van der Waals surface area (Å²) < 4.78 is 6.88. The number of nitrogens with zero attached hydrogens (tertiary/aromatic N) is 3. The van der Waals surface area contributed by atoms with Crippen molar-refractivity contribution in [2.75, 3.05) is 6.54 Å². The summed E-state index contributed by atoms with van der Waals surface area (Å²) in [6, 6.07) is 0.131. The third-order valence-electron chi connectivity index (χ3n) is 2.37. The highest BCUT2D eigenvalue weighted by molar-refractivity contribution is 5.64. The van der Waals surface area contributed by atoms with Crippen LogP contribution in [0.25, 0.3) is 0 Å². The van der Waals surface area contributed by atoms with E-state index in [0.717, 1.165) is 0 Å². The van der Waals surface area contributed by atoms with Gasteiger partial charge in [-0.15, -0.1) is 0 Å². The van der Waals surface area contributed by atoms with Crippen LogP contribution in [0.5, 0.6) is 6.01 Å². The second-order valence-electron chi connectivity index (χ2n) is 3.98. The van der Waals surface area contributed by atoms with Crippen LogP contribution in [0.3, 0.4) is 0 Å². The lowest BCUT2D eigenvalue weighted by Gasteiger charge is -2.21. The average Bonchev–Trinajstić information content (AvgIpc) is 2.70. The monoisotopic (exact) mass is 242 g/mol. The molecule has 0 aromatic carbocycles. The van der Waals surface area contributed by atoms with Gasteiger partial charge in [0.2, 0.25) is 0 Å². The molecule has 2 rings (SSSR count). The van der Waals surface area contributed by atoms with Crippen LogP contribution in [0, 0.1) is 10.1 Å². The molecule has 92 valence electrons. The van der Waals surface area contributed by atoms with Crippen LogP contribution in [0.1, 0.15) is 6.92 Å². The van der Waals surface area contributed by atoms with Gasteiger partial charge in [0.1, 0.15) is 11.8 Å². The van der Waals surface area contributed by atoms with Crippen molar-refractivity contribution >= 4 is 11.9 Å². The molecular formula is C8H10N4O5. The van der Waals surface area contributed by atoms with Gasteiger partial charge >= 0.3 is 17.9 Å². The summed E-state index contributed by atoms with van der Waals surface area (Å²) >= 11 is 0. The van der Waals surface area contributed by atoms with Crippen molar-refractivity contribution in [3.8, 4) is 6.01 Å². The number of carbonyl (C=O) groups is 1. The van der Waals surface area contributed by atoms with Gasteiger partial charge < -0.3 is 25.3 Å². The standard InChI is InChI=1S/C8H10N4O5/c1-8(3-9-7(13)14)4-11-2-5(12(15)16)10-6(11)17-8/h2,9H,3-4H2,1H3,(H,13,14). The molecule has 0 saturated heterocycles. The first-order valence-corrected chi connectivity index (χ1v) is 4.77. The number of amides is 1. The molecule has 0 fully saturated rings. The highest BCUT2D eigenvalue weighted by Crippen LogP contribution is 2.30. The Morgan fingerprint density at radius 1 is 1.88 bits per heavy atom. The van der Waals surface area contributed by atoms with Gasteiger partial charge in [-0.3, -0.25) is 4.57 Å². The number of nitro groups is 1. The van der Waals surface area contributed by atoms with E-state index in [-0.39, 0.29) is 18.4 Å². The van der Waals surface area contributed by atoms with Crippen LogP contribution >= 0.6 is 0 Å². The van der Waals surface area contributed by atoms with E-state index in [9.17, 15) is 14.9 Å². The molecule has 1 amide bonds. The Morgan fingerprint density at radius 2 is 2.59 bits per heavy atom. The Balaban J connectivity index is 2.08. The number of carboxylic acid groups (broad SMARTS) is 1. The summed E-state index contributed by atoms with van der Waals surface area (Å²) in [5, 5.41) is 21.2. The molecule has 2 N–H and O–H groups in total. The van der Waals surface area contributed by atoms with Crippen molar-refractivity contribution in [2.24, 2.45) is 0 Å². The van der Waals surface area contributed by atoms with Gasteiger partial charge in [-0.05, 0) is 11.8 Å². The number of rotatable bonds is 3. The van der Waals surface area contributed by atoms with Crippen molar-refractivity contribution < 1.29 is 19.6 Å². The van der Waals surface area contributed by atoms with Gasteiger partial charge in [0.25, 0.3) is 0 Å². The van der Waals surface area contributed by atoms with Gasteiger partial charge in [-0.2, -0.15) is 0 Å². The van der Waals surface area contributed by atoms with Crippen LogP contribution < -0.4 is 10.1 Å². The van der Waals surface area contributed by atoms with Crippen molar-refractivity contribution in [1.82, 2.24) is 14.9 Å². The molecule has 0 saturated carbocycles. The Morgan fingerprint density at radius 3 is 3.12 bits per heavy atom. The van der Waals surface area contributed by atoms with Gasteiger partial charge in [0, 0.05) is 4.98 Å². The number of hydrogen-bond donors (Lipinski definition) is 2. The van der Waals surface area contributed by atoms with Crippen molar-refractivity contribution in [2.45, 2.75) is 19.1 Å². The third kappa shape index (κ3) is 2.12. The highest BCUT2D eigenvalue weighted by Gasteiger charge is 2.40. The van der Waals surface area contributed by atoms with Crippen LogP contribution in [0.2, 0.25) is 0 Å². The van der Waals surface area contributed by atoms with E-state index in [1.54, 1.807) is 6.92 Å². The highest BCUT2D eigenvalue weighted by atomic mass is 16.6. The second kappa shape index (κ2) is 3.61. The summed E-state index contributed by atoms with van der Waals surface area (Å²) in [6.45, 7) is 2.09. The smallest absolute Gasteiger partial charge is 0.415 e. The first kappa shape index (κ1) is 11.2. The largest absolute Gasteiger partial charge is 0.465 e. The zero-order chi connectivity index (χ0) is 12.6. The number of fused-ring (bicyclic) bond motifs is 1. The van der Waals surface area contributed by atoms with Crippen molar-refractivity contribution in [3.63, 3.8) is 0 Å². The normalized spacial score (nSPS) is 21.7. The van der Waals surface area contributed by atoms with Gasteiger partial charge in [0.15, 0.2) is 0 Å². The van der Waals surface area contributed by atoms with Crippen molar-refractivity contribution in [1.29, 1.82) is 0 Å². The van der Waals surface area contributed by atoms with E-state index in [1.165, 1.54) is 10.8 Å². The lowest BCUT2D eigenvalue weighted by molar-refractivity contribution is -0.389. The predicted molar refractivity (Wildman–Crippen MR) is 53.9 cm³/mol. The molecule has 1 aliphatic rings. The Labute approximate surface area is 95.2 Å². The summed E-state index contributed by atoms with van der Waals surface area (Å²) in [4.78, 5) is 23.9. The summed E-state index contributed by atoms with van der Waals surface area (Å²) in [5.41, 5.74) is -0.768. The maximum atomic E-state index is 10.5. The van der Waals surface area contributed by atoms with Gasteiger partial charge in [-0.25, -0.2) is 4.79 Å². The van der Waals surface area contributed by atoms with E-state index in [4.69, 9.17) is 9.84 Å². The fourth-order valence-corrected chi connectivity index (χ4v) is 1.64. The molecule has 0 radical (unpaired) electrons. The number of ether oxygens (including phenoxy) is 1. The minimum Gasteiger partial charge on any atom is -0.465 e. The van der Waals surface area contributed by atoms with Crippen LogP contribution in [0.15, 0.2) is 6.20 Å². The molecule has 1 aromatic heterocycles. The van der Waals surface area contributed by atoms with Crippen LogP contribution in [-0.2, 0) is 6.54 Å². The molecule has 1 aliphatic heterocycles. The predicted octanol–water partition coefficient (Wildman–Crippen LogP) is 0.210. The first-order valence-electron chi connectivity index (χ1n) is 4.77. The lowest BCUT2D eigenvalue weighted by atomic mass is 10.1. The van der Waals surface area contributed by atoms with Crippen LogP contribution in [0.4, 0.5) is 10.6 Å². The third-order valence-corrected chi connectivity index (χ3v) is 2.37. The first-order chi connectivity index (χ1) is 7.89. The molecule has 1 aromatic rings. The van der Waals surface area contributed by atoms with Crippen molar-refractivity contribution in [3.05, 3.63) is 16.3 Å².